The van der Waals surface area contributed by atoms with Gasteiger partial charge in [-0.2, -0.15) is 0 Å². The summed E-state index contributed by atoms with van der Waals surface area (Å²) in [5.41, 5.74) is 1.85. The molecule has 0 radical (unpaired) electrons. The van der Waals surface area contributed by atoms with Crippen LogP contribution in [0.3, 0.4) is 0 Å². The van der Waals surface area contributed by atoms with Crippen LogP contribution in [-0.2, 0) is 27.2 Å². The van der Waals surface area contributed by atoms with E-state index >= 15 is 0 Å². The van der Waals surface area contributed by atoms with Gasteiger partial charge in [0.05, 0.1) is 6.54 Å². The van der Waals surface area contributed by atoms with Gasteiger partial charge in [0.1, 0.15) is 17.4 Å². The van der Waals surface area contributed by atoms with Crippen LogP contribution in [0.2, 0.25) is 0 Å². The number of rotatable bonds is 8. The largest absolute Gasteiger partial charge is 0.484 e. The molecule has 1 aliphatic carbocycles. The van der Waals surface area contributed by atoms with E-state index in [4.69, 9.17) is 14.3 Å². The minimum Gasteiger partial charge on any atom is -0.484 e. The number of carboxylic acid groups (broad SMARTS) is 1. The van der Waals surface area contributed by atoms with Gasteiger partial charge >= 0.3 is 11.6 Å². The summed E-state index contributed by atoms with van der Waals surface area (Å²) in [5.74, 6) is -2.22. The van der Waals surface area contributed by atoms with E-state index in [-0.39, 0.29) is 24.7 Å². The Hall–Kier alpha value is -3.36. The van der Waals surface area contributed by atoms with Crippen LogP contribution in [0.1, 0.15) is 37.8 Å². The second-order valence-corrected chi connectivity index (χ2v) is 7.90. The summed E-state index contributed by atoms with van der Waals surface area (Å²) in [6.07, 6.45) is 3.57. The maximum absolute atomic E-state index is 12.2. The lowest BCUT2D eigenvalue weighted by atomic mass is 9.91. The van der Waals surface area contributed by atoms with Gasteiger partial charge in [0, 0.05) is 17.0 Å². The van der Waals surface area contributed by atoms with Crippen molar-refractivity contribution in [3.63, 3.8) is 0 Å². The first kappa shape index (κ1) is 22.3. The highest BCUT2D eigenvalue weighted by Gasteiger charge is 2.23. The summed E-state index contributed by atoms with van der Waals surface area (Å²) in [5, 5.41) is 14.7. The average Bonchev–Trinajstić information content (AvgIpc) is 2.74. The highest BCUT2D eigenvalue weighted by atomic mass is 16.5. The molecule has 1 heterocycles. The zero-order chi connectivity index (χ0) is 22.5. The van der Waals surface area contributed by atoms with E-state index in [2.05, 4.69) is 10.6 Å². The number of benzene rings is 1. The minimum absolute atomic E-state index is 0.293. The quantitative estimate of drug-likeness (QED) is 0.539. The van der Waals surface area contributed by atoms with Gasteiger partial charge in [0.2, 0.25) is 5.91 Å². The lowest BCUT2D eigenvalue weighted by Gasteiger charge is -2.18. The van der Waals surface area contributed by atoms with Crippen molar-refractivity contribution < 1.29 is 28.6 Å². The number of ether oxygens (including phenoxy) is 1. The summed E-state index contributed by atoms with van der Waals surface area (Å²) in [7, 11) is 0. The second kappa shape index (κ2) is 9.63. The Bertz CT molecular complexity index is 1060. The van der Waals surface area contributed by atoms with Crippen molar-refractivity contribution in [3.05, 3.63) is 39.7 Å². The summed E-state index contributed by atoms with van der Waals surface area (Å²) in [6.45, 7) is 2.64. The molecule has 1 atom stereocenters. The Morgan fingerprint density at radius 3 is 2.52 bits per heavy atom. The zero-order valence-electron chi connectivity index (χ0n) is 17.5. The van der Waals surface area contributed by atoms with E-state index < -0.39 is 23.8 Å². The third-order valence-electron chi connectivity index (χ3n) is 5.26. The molecule has 31 heavy (non-hydrogen) atoms. The van der Waals surface area contributed by atoms with Crippen molar-refractivity contribution in [1.29, 1.82) is 0 Å². The van der Waals surface area contributed by atoms with Crippen molar-refractivity contribution in [2.75, 3.05) is 13.2 Å². The van der Waals surface area contributed by atoms with E-state index in [9.17, 15) is 19.2 Å². The van der Waals surface area contributed by atoms with E-state index in [1.807, 2.05) is 6.07 Å². The lowest BCUT2D eigenvalue weighted by molar-refractivity contribution is -0.143. The molecule has 3 rings (SSSR count). The third-order valence-corrected chi connectivity index (χ3v) is 5.26. The Morgan fingerprint density at radius 2 is 1.84 bits per heavy atom. The average molecular weight is 430 g/mol. The first-order chi connectivity index (χ1) is 14.8. The van der Waals surface area contributed by atoms with Gasteiger partial charge in [-0.15, -0.1) is 0 Å². The molecule has 0 bridgehead atoms. The predicted molar refractivity (Wildman–Crippen MR) is 112 cm³/mol. The standard InChI is InChI=1S/C22H26N2O7/c1-12(2)20(21(27)28)24-18(25)10-23-19(26)11-30-13-7-8-15-14-5-3-4-6-16(14)22(29)31-17(15)9-13/h7-9,12,20H,3-6,10-11H2,1-2H3,(H,23,26)(H,24,25)(H,27,28). The van der Waals surface area contributed by atoms with E-state index in [0.29, 0.717) is 11.3 Å². The van der Waals surface area contributed by atoms with Crippen molar-refractivity contribution in [2.24, 2.45) is 5.92 Å². The van der Waals surface area contributed by atoms with Gasteiger partial charge < -0.3 is 24.9 Å². The van der Waals surface area contributed by atoms with Crippen molar-refractivity contribution in [2.45, 2.75) is 45.6 Å². The Balaban J connectivity index is 1.56. The van der Waals surface area contributed by atoms with Gasteiger partial charge in [-0.05, 0) is 49.3 Å². The first-order valence-electron chi connectivity index (χ1n) is 10.3. The maximum atomic E-state index is 12.2. The zero-order valence-corrected chi connectivity index (χ0v) is 17.5. The predicted octanol–water partition coefficient (Wildman–Crippen LogP) is 1.39. The number of hydrogen-bond donors (Lipinski definition) is 3. The minimum atomic E-state index is -1.14. The summed E-state index contributed by atoms with van der Waals surface area (Å²) in [6, 6.07) is 4.07. The van der Waals surface area contributed by atoms with Crippen LogP contribution >= 0.6 is 0 Å². The van der Waals surface area contributed by atoms with Gasteiger partial charge in [-0.25, -0.2) is 9.59 Å². The SMILES string of the molecule is CC(C)C(NC(=O)CNC(=O)COc1ccc2c3c(c(=O)oc2c1)CCCC3)C(=O)O. The molecule has 9 heteroatoms. The maximum Gasteiger partial charge on any atom is 0.339 e. The van der Waals surface area contributed by atoms with E-state index in [1.54, 1.807) is 26.0 Å². The van der Waals surface area contributed by atoms with Crippen molar-refractivity contribution in [3.8, 4) is 5.75 Å². The number of aliphatic carboxylic acids is 1. The lowest BCUT2D eigenvalue weighted by Crippen LogP contribution is -2.48. The van der Waals surface area contributed by atoms with Gasteiger partial charge in [-0.1, -0.05) is 13.8 Å². The van der Waals surface area contributed by atoms with Crippen LogP contribution in [0.5, 0.6) is 5.75 Å². The molecule has 0 spiro atoms. The molecule has 1 aromatic carbocycles. The first-order valence-corrected chi connectivity index (χ1v) is 10.3. The number of fused-ring (bicyclic) bond motifs is 3. The van der Waals surface area contributed by atoms with E-state index in [1.165, 1.54) is 0 Å². The topological polar surface area (TPSA) is 135 Å². The summed E-state index contributed by atoms with van der Waals surface area (Å²) in [4.78, 5) is 47.2. The molecule has 2 amide bonds. The number of aryl methyl sites for hydroxylation is 1. The fraction of sp³-hybridized carbons (Fsp3) is 0.455. The summed E-state index contributed by atoms with van der Waals surface area (Å²) < 4.78 is 10.9. The molecule has 0 fully saturated rings. The molecule has 0 aliphatic heterocycles. The van der Waals surface area contributed by atoms with E-state index in [0.717, 1.165) is 42.2 Å². The van der Waals surface area contributed by atoms with Crippen LogP contribution in [-0.4, -0.2) is 42.1 Å². The van der Waals surface area contributed by atoms with Crippen LogP contribution in [0.25, 0.3) is 11.0 Å². The number of amides is 2. The third kappa shape index (κ3) is 5.42. The number of carbonyl (C=O) groups is 3. The fourth-order valence-electron chi connectivity index (χ4n) is 3.63. The number of carbonyl (C=O) groups excluding carboxylic acids is 2. The molecule has 166 valence electrons. The second-order valence-electron chi connectivity index (χ2n) is 7.90. The molecular weight excluding hydrogens is 404 g/mol. The number of nitrogens with one attached hydrogen (secondary N) is 2. The molecule has 9 nitrogen and oxygen atoms in total. The van der Waals surface area contributed by atoms with Crippen molar-refractivity contribution >= 4 is 28.8 Å². The molecule has 2 aromatic rings. The fourth-order valence-corrected chi connectivity index (χ4v) is 3.63. The number of carboxylic acids is 1. The van der Waals surface area contributed by atoms with Gasteiger partial charge in [0.15, 0.2) is 6.61 Å². The molecule has 3 N–H and O–H groups in total. The van der Waals surface area contributed by atoms with Crippen LogP contribution in [0.4, 0.5) is 0 Å². The molecule has 0 saturated carbocycles. The van der Waals surface area contributed by atoms with Gasteiger partial charge in [-0.3, -0.25) is 9.59 Å². The Kier molecular flexibility index (Phi) is 6.94. The van der Waals surface area contributed by atoms with Gasteiger partial charge in [0.25, 0.3) is 5.91 Å². The normalized spacial score (nSPS) is 14.0. The molecule has 1 aliphatic rings. The highest BCUT2D eigenvalue weighted by Crippen LogP contribution is 2.29. The Morgan fingerprint density at radius 1 is 1.13 bits per heavy atom. The van der Waals surface area contributed by atoms with Crippen LogP contribution < -0.4 is 21.0 Å². The molecule has 1 unspecified atom stereocenters. The number of hydrogen-bond acceptors (Lipinski definition) is 6. The molecule has 0 saturated heterocycles. The molecular formula is C22H26N2O7. The summed E-state index contributed by atoms with van der Waals surface area (Å²) >= 11 is 0. The monoisotopic (exact) mass is 430 g/mol. The highest BCUT2D eigenvalue weighted by molar-refractivity contribution is 5.88. The Labute approximate surface area is 178 Å². The van der Waals surface area contributed by atoms with Crippen LogP contribution in [0.15, 0.2) is 27.4 Å². The molecule has 1 aromatic heterocycles. The van der Waals surface area contributed by atoms with Crippen LogP contribution in [0, 0.1) is 5.92 Å². The van der Waals surface area contributed by atoms with Crippen molar-refractivity contribution in [1.82, 2.24) is 10.6 Å². The smallest absolute Gasteiger partial charge is 0.339 e.